The second-order valence-corrected chi connectivity index (χ2v) is 3.75. The number of anilines is 1. The van der Waals surface area contributed by atoms with Crippen molar-refractivity contribution in [2.24, 2.45) is 0 Å². The van der Waals surface area contributed by atoms with E-state index in [-0.39, 0.29) is 22.6 Å². The summed E-state index contributed by atoms with van der Waals surface area (Å²) >= 11 is 5.61. The highest BCUT2D eigenvalue weighted by Crippen LogP contribution is 2.21. The monoisotopic (exact) mass is 283 g/mol. The predicted octanol–water partition coefficient (Wildman–Crippen LogP) is 1.59. The average molecular weight is 284 g/mol. The lowest BCUT2D eigenvalue weighted by molar-refractivity contribution is -0.385. The highest BCUT2D eigenvalue weighted by molar-refractivity contribution is 6.30. The van der Waals surface area contributed by atoms with E-state index in [1.807, 2.05) is 0 Å². The number of aryl methyl sites for hydroxylation is 1. The Hall–Kier alpha value is -2.55. The topological polar surface area (TPSA) is 124 Å². The van der Waals surface area contributed by atoms with E-state index in [0.29, 0.717) is 0 Å². The van der Waals surface area contributed by atoms with E-state index in [0.717, 1.165) is 12.3 Å². The number of nitrogens with zero attached hydrogens (tertiary/aromatic N) is 4. The molecule has 0 spiro atoms. The van der Waals surface area contributed by atoms with Gasteiger partial charge in [0.25, 0.3) is 11.6 Å². The number of pyridine rings is 1. The average Bonchev–Trinajstić information content (AvgIpc) is 2.74. The molecule has 19 heavy (non-hydrogen) atoms. The van der Waals surface area contributed by atoms with Crippen LogP contribution < -0.4 is 5.32 Å². The fraction of sp³-hybridized carbons (Fsp3) is 0.111. The first-order valence-electron chi connectivity index (χ1n) is 4.89. The number of nitro groups is 1. The molecule has 9 nitrogen and oxygen atoms in total. The van der Waals surface area contributed by atoms with Crippen LogP contribution in [0.25, 0.3) is 0 Å². The fourth-order valence-corrected chi connectivity index (χ4v) is 1.42. The molecule has 1 N–H and O–H groups in total. The fourth-order valence-electron chi connectivity index (χ4n) is 1.26. The number of halogens is 1. The minimum absolute atomic E-state index is 0.0440. The van der Waals surface area contributed by atoms with Gasteiger partial charge in [-0.05, 0) is 6.07 Å². The number of carbonyl (C=O) groups is 1. The van der Waals surface area contributed by atoms with Gasteiger partial charge in [-0.15, -0.1) is 5.10 Å². The Morgan fingerprint density at radius 1 is 1.53 bits per heavy atom. The minimum Gasteiger partial charge on any atom is -0.408 e. The summed E-state index contributed by atoms with van der Waals surface area (Å²) in [6.45, 7) is 1.54. The third-order valence-corrected chi connectivity index (χ3v) is 2.24. The quantitative estimate of drug-likeness (QED) is 0.515. The van der Waals surface area contributed by atoms with Crippen molar-refractivity contribution < 1.29 is 14.1 Å². The van der Waals surface area contributed by atoms with Crippen molar-refractivity contribution in [1.82, 2.24) is 15.2 Å². The highest BCUT2D eigenvalue weighted by Gasteiger charge is 2.22. The van der Waals surface area contributed by atoms with E-state index in [1.54, 1.807) is 0 Å². The highest BCUT2D eigenvalue weighted by atomic mass is 35.5. The third-order valence-electron chi connectivity index (χ3n) is 2.04. The number of rotatable bonds is 3. The number of nitrogens with one attached hydrogen (secondary N) is 1. The molecule has 0 fully saturated rings. The van der Waals surface area contributed by atoms with Gasteiger partial charge in [0.15, 0.2) is 0 Å². The van der Waals surface area contributed by atoms with Gasteiger partial charge < -0.3 is 4.42 Å². The summed E-state index contributed by atoms with van der Waals surface area (Å²) in [4.78, 5) is 25.5. The molecule has 0 radical (unpaired) electrons. The Bertz CT molecular complexity index is 656. The lowest BCUT2D eigenvalue weighted by Gasteiger charge is -2.02. The van der Waals surface area contributed by atoms with Crippen molar-refractivity contribution in [1.29, 1.82) is 0 Å². The number of aromatic nitrogens is 3. The van der Waals surface area contributed by atoms with E-state index in [4.69, 9.17) is 16.0 Å². The van der Waals surface area contributed by atoms with Gasteiger partial charge in [-0.1, -0.05) is 16.7 Å². The van der Waals surface area contributed by atoms with E-state index < -0.39 is 16.5 Å². The molecule has 0 aliphatic heterocycles. The molecule has 0 atom stereocenters. The van der Waals surface area contributed by atoms with Gasteiger partial charge in [-0.3, -0.25) is 20.2 Å². The molecule has 0 saturated heterocycles. The Morgan fingerprint density at radius 3 is 2.84 bits per heavy atom. The summed E-state index contributed by atoms with van der Waals surface area (Å²) in [5.41, 5.74) is -0.723. The Labute approximate surface area is 110 Å². The molecule has 0 saturated carbocycles. The van der Waals surface area contributed by atoms with E-state index in [1.165, 1.54) is 6.92 Å². The van der Waals surface area contributed by atoms with Gasteiger partial charge in [0.1, 0.15) is 16.9 Å². The van der Waals surface area contributed by atoms with Crippen LogP contribution in [0.1, 0.15) is 16.2 Å². The normalized spacial score (nSPS) is 10.2. The molecule has 2 aromatic heterocycles. The van der Waals surface area contributed by atoms with Gasteiger partial charge in [0.05, 0.1) is 4.92 Å². The van der Waals surface area contributed by atoms with Crippen LogP contribution in [0.2, 0.25) is 5.15 Å². The summed E-state index contributed by atoms with van der Waals surface area (Å²) in [6.07, 6.45) is 0.899. The lowest BCUT2D eigenvalue weighted by Crippen LogP contribution is -2.14. The molecule has 0 aliphatic rings. The van der Waals surface area contributed by atoms with Gasteiger partial charge in [0, 0.05) is 6.92 Å². The van der Waals surface area contributed by atoms with Gasteiger partial charge in [0.2, 0.25) is 5.89 Å². The molecule has 0 aromatic carbocycles. The van der Waals surface area contributed by atoms with Crippen LogP contribution in [0.3, 0.4) is 0 Å². The lowest BCUT2D eigenvalue weighted by atomic mass is 10.2. The molecule has 0 unspecified atom stereocenters. The van der Waals surface area contributed by atoms with Crippen molar-refractivity contribution in [3.8, 4) is 0 Å². The first-order chi connectivity index (χ1) is 8.97. The SMILES string of the molecule is Cc1nnc(NC(=O)c2cc(Cl)ncc2[N+](=O)[O-])o1. The maximum Gasteiger partial charge on any atom is 0.322 e. The first kappa shape index (κ1) is 12.9. The number of amides is 1. The van der Waals surface area contributed by atoms with Crippen molar-refractivity contribution >= 4 is 29.2 Å². The van der Waals surface area contributed by atoms with E-state index >= 15 is 0 Å². The summed E-state index contributed by atoms with van der Waals surface area (Å²) in [7, 11) is 0. The first-order valence-corrected chi connectivity index (χ1v) is 5.26. The van der Waals surface area contributed by atoms with Crippen molar-refractivity contribution in [2.45, 2.75) is 6.92 Å². The Balaban J connectivity index is 2.32. The number of hydrogen-bond donors (Lipinski definition) is 1. The van der Waals surface area contributed by atoms with E-state index in [2.05, 4.69) is 20.5 Å². The van der Waals surface area contributed by atoms with Crippen LogP contribution in [-0.2, 0) is 0 Å². The minimum atomic E-state index is -0.792. The van der Waals surface area contributed by atoms with Crippen molar-refractivity contribution in [3.63, 3.8) is 0 Å². The second-order valence-electron chi connectivity index (χ2n) is 3.36. The van der Waals surface area contributed by atoms with Gasteiger partial charge in [-0.25, -0.2) is 4.98 Å². The molecule has 0 aliphatic carbocycles. The smallest absolute Gasteiger partial charge is 0.322 e. The van der Waals surface area contributed by atoms with Gasteiger partial charge >= 0.3 is 6.01 Å². The zero-order valence-electron chi connectivity index (χ0n) is 9.45. The van der Waals surface area contributed by atoms with Crippen LogP contribution in [0, 0.1) is 17.0 Å². The molecule has 98 valence electrons. The van der Waals surface area contributed by atoms with Gasteiger partial charge in [-0.2, -0.15) is 0 Å². The predicted molar refractivity (Wildman–Crippen MR) is 62.9 cm³/mol. The third kappa shape index (κ3) is 2.83. The maximum atomic E-state index is 11.9. The van der Waals surface area contributed by atoms with E-state index in [9.17, 15) is 14.9 Å². The summed E-state index contributed by atoms with van der Waals surface area (Å²) in [5.74, 6) is -0.544. The standard InChI is InChI=1S/C9H6ClN5O4/c1-4-13-14-9(19-4)12-8(16)5-2-7(10)11-3-6(5)15(17)18/h2-3H,1H3,(H,12,14,16). The zero-order chi connectivity index (χ0) is 14.0. The molecule has 2 heterocycles. The van der Waals surface area contributed by atoms with Crippen molar-refractivity contribution in [3.05, 3.63) is 39.0 Å². The van der Waals surface area contributed by atoms with Crippen LogP contribution in [0.15, 0.2) is 16.7 Å². The number of carbonyl (C=O) groups excluding carboxylic acids is 1. The van der Waals surface area contributed by atoms with Crippen LogP contribution in [0.5, 0.6) is 0 Å². The largest absolute Gasteiger partial charge is 0.408 e. The summed E-state index contributed by atoms with van der Waals surface area (Å²) < 4.78 is 4.93. The second kappa shape index (κ2) is 4.98. The summed E-state index contributed by atoms with van der Waals surface area (Å²) in [5, 5.41) is 20.0. The molecule has 0 bridgehead atoms. The molecular weight excluding hydrogens is 278 g/mol. The molecule has 2 aromatic rings. The van der Waals surface area contributed by atoms with Crippen molar-refractivity contribution in [2.75, 3.05) is 5.32 Å². The molecule has 10 heteroatoms. The number of hydrogen-bond acceptors (Lipinski definition) is 7. The Morgan fingerprint density at radius 2 is 2.26 bits per heavy atom. The van der Waals surface area contributed by atoms with Crippen LogP contribution in [0.4, 0.5) is 11.7 Å². The summed E-state index contributed by atoms with van der Waals surface area (Å²) in [6, 6.07) is 0.919. The maximum absolute atomic E-state index is 11.9. The molecular formula is C9H6ClN5O4. The van der Waals surface area contributed by atoms with Crippen LogP contribution in [-0.4, -0.2) is 26.0 Å². The molecule has 1 amide bonds. The Kier molecular flexibility index (Phi) is 3.38. The zero-order valence-corrected chi connectivity index (χ0v) is 10.2. The molecule has 2 rings (SSSR count). The van der Waals surface area contributed by atoms with Crippen LogP contribution >= 0.6 is 11.6 Å².